The van der Waals surface area contributed by atoms with Crippen molar-refractivity contribution in [2.24, 2.45) is 5.92 Å². The highest BCUT2D eigenvalue weighted by atomic mass is 16.7. The van der Waals surface area contributed by atoms with Gasteiger partial charge in [-0.05, 0) is 12.8 Å². The Morgan fingerprint density at radius 3 is 1.85 bits per heavy atom. The molecule has 0 radical (unpaired) electrons. The summed E-state index contributed by atoms with van der Waals surface area (Å²) in [6.07, 6.45) is 2.07. The van der Waals surface area contributed by atoms with Crippen molar-refractivity contribution in [2.45, 2.75) is 40.5 Å². The van der Waals surface area contributed by atoms with Gasteiger partial charge in [-0.25, -0.2) is 5.06 Å². The maximum absolute atomic E-state index is 10.9. The van der Waals surface area contributed by atoms with Crippen LogP contribution in [-0.2, 0) is 9.63 Å². The lowest BCUT2D eigenvalue weighted by Crippen LogP contribution is -2.26. The van der Waals surface area contributed by atoms with E-state index in [9.17, 15) is 4.79 Å². The van der Waals surface area contributed by atoms with Crippen LogP contribution in [0.2, 0.25) is 0 Å². The second kappa shape index (κ2) is 9.52. The van der Waals surface area contributed by atoms with E-state index in [1.54, 1.807) is 7.05 Å². The van der Waals surface area contributed by atoms with Gasteiger partial charge in [-0.3, -0.25) is 9.63 Å². The molecule has 1 aliphatic carbocycles. The van der Waals surface area contributed by atoms with E-state index in [0.29, 0.717) is 0 Å². The lowest BCUT2D eigenvalue weighted by Gasteiger charge is -2.11. The van der Waals surface area contributed by atoms with Gasteiger partial charge in [0, 0.05) is 13.0 Å². The highest BCUT2D eigenvalue weighted by Crippen LogP contribution is 2.30. The van der Waals surface area contributed by atoms with E-state index < -0.39 is 0 Å². The van der Waals surface area contributed by atoms with Crippen molar-refractivity contribution in [3.05, 3.63) is 0 Å². The Morgan fingerprint density at radius 1 is 1.23 bits per heavy atom. The smallest absolute Gasteiger partial charge is 0.248 e. The molecule has 1 saturated carbocycles. The van der Waals surface area contributed by atoms with Gasteiger partial charge >= 0.3 is 0 Å². The largest absolute Gasteiger partial charge is 0.275 e. The first-order valence-corrected chi connectivity index (χ1v) is 5.07. The molecular weight excluding hydrogens is 166 g/mol. The molecule has 0 bridgehead atoms. The van der Waals surface area contributed by atoms with Gasteiger partial charge in [0.1, 0.15) is 0 Å². The summed E-state index contributed by atoms with van der Waals surface area (Å²) in [6.45, 7) is 8.00. The number of hydrogen-bond donors (Lipinski definition) is 0. The van der Waals surface area contributed by atoms with E-state index in [1.165, 1.54) is 12.2 Å². The van der Waals surface area contributed by atoms with Crippen LogP contribution < -0.4 is 0 Å². The molecule has 0 atom stereocenters. The summed E-state index contributed by atoms with van der Waals surface area (Å²) < 4.78 is 0. The fourth-order valence-electron chi connectivity index (χ4n) is 0.677. The Labute approximate surface area is 82.0 Å². The van der Waals surface area contributed by atoms with E-state index in [4.69, 9.17) is 4.84 Å². The number of rotatable bonds is 2. The van der Waals surface area contributed by atoms with Crippen LogP contribution in [-0.4, -0.2) is 25.1 Å². The summed E-state index contributed by atoms with van der Waals surface area (Å²) in [5.74, 6) is 0.368. The first kappa shape index (κ1) is 14.9. The summed E-state index contributed by atoms with van der Waals surface area (Å²) in [7, 11) is 3.14. The summed E-state index contributed by atoms with van der Waals surface area (Å²) in [5, 5.41) is 1.29. The molecule has 0 heterocycles. The third-order valence-corrected chi connectivity index (χ3v) is 1.51. The molecule has 0 unspecified atom stereocenters. The average molecular weight is 189 g/mol. The third kappa shape index (κ3) is 6.58. The van der Waals surface area contributed by atoms with Crippen molar-refractivity contribution in [3.63, 3.8) is 0 Å². The maximum atomic E-state index is 10.9. The van der Waals surface area contributed by atoms with Crippen molar-refractivity contribution >= 4 is 5.91 Å². The second-order valence-corrected chi connectivity index (χ2v) is 2.29. The minimum atomic E-state index is 0.109. The van der Waals surface area contributed by atoms with Gasteiger partial charge in [0.25, 0.3) is 0 Å². The Bertz CT molecular complexity index is 122. The monoisotopic (exact) mass is 189 g/mol. The summed E-state index contributed by atoms with van der Waals surface area (Å²) >= 11 is 0. The SMILES string of the molecule is CC.CC.CON(C)C(=O)C1CC1. The van der Waals surface area contributed by atoms with E-state index in [1.807, 2.05) is 27.7 Å². The molecule has 1 rings (SSSR count). The van der Waals surface area contributed by atoms with Crippen LogP contribution in [0.25, 0.3) is 0 Å². The molecule has 0 aliphatic heterocycles. The van der Waals surface area contributed by atoms with Crippen LogP contribution in [0, 0.1) is 5.92 Å². The molecular formula is C10H23NO2. The van der Waals surface area contributed by atoms with Crippen LogP contribution in [0.15, 0.2) is 0 Å². The van der Waals surface area contributed by atoms with Gasteiger partial charge in [0.2, 0.25) is 5.91 Å². The fraction of sp³-hybridized carbons (Fsp3) is 0.900. The zero-order chi connectivity index (χ0) is 10.9. The first-order valence-electron chi connectivity index (χ1n) is 5.07. The van der Waals surface area contributed by atoms with Gasteiger partial charge in [0.05, 0.1) is 7.11 Å². The molecule has 1 amide bonds. The highest BCUT2D eigenvalue weighted by molar-refractivity contribution is 5.79. The summed E-state index contributed by atoms with van der Waals surface area (Å²) in [5.41, 5.74) is 0. The topological polar surface area (TPSA) is 29.5 Å². The van der Waals surface area contributed by atoms with Gasteiger partial charge in [-0.15, -0.1) is 0 Å². The van der Waals surface area contributed by atoms with Crippen LogP contribution >= 0.6 is 0 Å². The molecule has 0 aromatic carbocycles. The molecule has 1 fully saturated rings. The molecule has 3 nitrogen and oxygen atoms in total. The zero-order valence-corrected chi connectivity index (χ0v) is 9.76. The fourth-order valence-corrected chi connectivity index (χ4v) is 0.677. The molecule has 1 aliphatic rings. The average Bonchev–Trinajstić information content (AvgIpc) is 3.05. The molecule has 0 N–H and O–H groups in total. The lowest BCUT2D eigenvalue weighted by molar-refractivity contribution is -0.170. The van der Waals surface area contributed by atoms with E-state index >= 15 is 0 Å². The molecule has 13 heavy (non-hydrogen) atoms. The molecule has 3 heteroatoms. The number of carbonyl (C=O) groups is 1. The van der Waals surface area contributed by atoms with E-state index in [2.05, 4.69) is 0 Å². The first-order chi connectivity index (χ1) is 6.25. The van der Waals surface area contributed by atoms with Crippen LogP contribution in [0.1, 0.15) is 40.5 Å². The van der Waals surface area contributed by atoms with Gasteiger partial charge in [0.15, 0.2) is 0 Å². The standard InChI is InChI=1S/C6H11NO2.2C2H6/c1-7(9-2)6(8)5-3-4-5;2*1-2/h5H,3-4H2,1-2H3;2*1-2H3. The van der Waals surface area contributed by atoms with Gasteiger partial charge in [-0.2, -0.15) is 0 Å². The van der Waals surface area contributed by atoms with Crippen molar-refractivity contribution in [3.8, 4) is 0 Å². The van der Waals surface area contributed by atoms with Crippen molar-refractivity contribution in [1.29, 1.82) is 0 Å². The van der Waals surface area contributed by atoms with Crippen LogP contribution in [0.5, 0.6) is 0 Å². The third-order valence-electron chi connectivity index (χ3n) is 1.51. The highest BCUT2D eigenvalue weighted by Gasteiger charge is 2.32. The summed E-state index contributed by atoms with van der Waals surface area (Å²) in [6, 6.07) is 0. The number of nitrogens with zero attached hydrogens (tertiary/aromatic N) is 1. The maximum Gasteiger partial charge on any atom is 0.248 e. The van der Waals surface area contributed by atoms with E-state index in [-0.39, 0.29) is 11.8 Å². The minimum absolute atomic E-state index is 0.109. The van der Waals surface area contributed by atoms with E-state index in [0.717, 1.165) is 12.8 Å². The Kier molecular flexibility index (Phi) is 10.9. The lowest BCUT2D eigenvalue weighted by atomic mass is 10.4. The minimum Gasteiger partial charge on any atom is -0.275 e. The number of amides is 1. The van der Waals surface area contributed by atoms with Crippen molar-refractivity contribution in [1.82, 2.24) is 5.06 Å². The number of hydrogen-bond acceptors (Lipinski definition) is 2. The zero-order valence-electron chi connectivity index (χ0n) is 9.76. The number of hydroxylamine groups is 2. The van der Waals surface area contributed by atoms with Gasteiger partial charge in [-0.1, -0.05) is 27.7 Å². The molecule has 0 aromatic heterocycles. The quantitative estimate of drug-likeness (QED) is 0.624. The normalized spacial score (nSPS) is 13.1. The summed E-state index contributed by atoms with van der Waals surface area (Å²) in [4.78, 5) is 15.6. The Balaban J connectivity index is 0. The van der Waals surface area contributed by atoms with Gasteiger partial charge < -0.3 is 0 Å². The molecule has 0 spiro atoms. The van der Waals surface area contributed by atoms with Crippen molar-refractivity contribution < 1.29 is 9.63 Å². The van der Waals surface area contributed by atoms with Crippen LogP contribution in [0.3, 0.4) is 0 Å². The molecule has 80 valence electrons. The second-order valence-electron chi connectivity index (χ2n) is 2.29. The molecule has 0 saturated heterocycles. The predicted molar refractivity (Wildman–Crippen MR) is 55.2 cm³/mol. The Morgan fingerprint density at radius 2 is 1.62 bits per heavy atom. The van der Waals surface area contributed by atoms with Crippen LogP contribution in [0.4, 0.5) is 0 Å². The predicted octanol–water partition coefficient (Wildman–Crippen LogP) is 2.47. The molecule has 0 aromatic rings. The Hall–Kier alpha value is -0.570. The number of carbonyl (C=O) groups excluding carboxylic acids is 1. The van der Waals surface area contributed by atoms with Crippen molar-refractivity contribution in [2.75, 3.05) is 14.2 Å².